The highest BCUT2D eigenvalue weighted by atomic mass is 16.5. The van der Waals surface area contributed by atoms with Gasteiger partial charge in [0.15, 0.2) is 5.78 Å². The number of carbonyl (C=O) groups is 1. The van der Waals surface area contributed by atoms with Crippen molar-refractivity contribution < 1.29 is 34.7 Å². The van der Waals surface area contributed by atoms with Gasteiger partial charge in [0.2, 0.25) is 0 Å². The molecule has 4 atom stereocenters. The summed E-state index contributed by atoms with van der Waals surface area (Å²) in [5.41, 5.74) is -1.56. The Morgan fingerprint density at radius 2 is 1.00 bits per heavy atom. The molecule has 0 saturated carbocycles. The second-order valence-corrected chi connectivity index (χ2v) is 10.6. The average Bonchev–Trinajstić information content (AvgIpc) is 2.75. The third kappa shape index (κ3) is 8.30. The van der Waals surface area contributed by atoms with Crippen molar-refractivity contribution in [2.24, 2.45) is 0 Å². The molecule has 7 heteroatoms. The molecule has 36 heavy (non-hydrogen) atoms. The van der Waals surface area contributed by atoms with E-state index in [0.29, 0.717) is 35.5 Å². The van der Waals surface area contributed by atoms with Gasteiger partial charge < -0.3 is 29.9 Å². The highest BCUT2D eigenvalue weighted by Gasteiger charge is 2.44. The molecule has 2 rings (SSSR count). The van der Waals surface area contributed by atoms with Crippen molar-refractivity contribution in [2.75, 3.05) is 13.2 Å². The van der Waals surface area contributed by atoms with Crippen molar-refractivity contribution in [2.45, 2.75) is 89.6 Å². The summed E-state index contributed by atoms with van der Waals surface area (Å²) in [6.45, 7) is 10.1. The van der Waals surface area contributed by atoms with E-state index in [1.165, 1.54) is 0 Å². The van der Waals surface area contributed by atoms with Crippen LogP contribution in [-0.4, -0.2) is 62.8 Å². The number of hydrogen-bond acceptors (Lipinski definition) is 7. The van der Waals surface area contributed by atoms with Gasteiger partial charge in [-0.25, -0.2) is 0 Å². The van der Waals surface area contributed by atoms with Crippen LogP contribution in [0.4, 0.5) is 0 Å². The molecule has 2 aromatic rings. The van der Waals surface area contributed by atoms with Gasteiger partial charge in [-0.1, -0.05) is 24.3 Å². The Hall–Kier alpha value is -2.45. The predicted octanol–water partition coefficient (Wildman–Crippen LogP) is 3.96. The van der Waals surface area contributed by atoms with E-state index < -0.39 is 23.0 Å². The zero-order chi connectivity index (χ0) is 27.1. The van der Waals surface area contributed by atoms with Gasteiger partial charge in [0.1, 0.15) is 11.5 Å². The highest BCUT2D eigenvalue weighted by Crippen LogP contribution is 2.40. The molecule has 4 unspecified atom stereocenters. The van der Waals surface area contributed by atoms with Gasteiger partial charge in [-0.3, -0.25) is 4.79 Å². The molecule has 200 valence electrons. The van der Waals surface area contributed by atoms with Gasteiger partial charge in [0.25, 0.3) is 0 Å². The first kappa shape index (κ1) is 29.8. The second-order valence-electron chi connectivity index (χ2n) is 10.6. The maximum atomic E-state index is 14.0. The lowest BCUT2D eigenvalue weighted by atomic mass is 9.71. The Morgan fingerprint density at radius 3 is 1.25 bits per heavy atom. The lowest BCUT2D eigenvalue weighted by molar-refractivity contribution is -0.132. The van der Waals surface area contributed by atoms with E-state index >= 15 is 0 Å². The van der Waals surface area contributed by atoms with Gasteiger partial charge >= 0.3 is 0 Å². The number of ether oxygens (including phenoxy) is 2. The third-order valence-electron chi connectivity index (χ3n) is 6.15. The fourth-order valence-corrected chi connectivity index (χ4v) is 4.43. The lowest BCUT2D eigenvalue weighted by Gasteiger charge is -2.36. The zero-order valence-corrected chi connectivity index (χ0v) is 22.3. The number of rotatable bonds is 14. The molecule has 0 spiro atoms. The number of benzene rings is 2. The molecule has 0 bridgehead atoms. The number of Topliss-reactive ketones (excluding diaryl/α,β-unsaturated/α-hetero) is 1. The van der Waals surface area contributed by atoms with Crippen LogP contribution < -0.4 is 9.47 Å². The van der Waals surface area contributed by atoms with Crippen LogP contribution in [0.2, 0.25) is 0 Å². The summed E-state index contributed by atoms with van der Waals surface area (Å²) in [5.74, 6) is -0.908. The molecule has 0 amide bonds. The third-order valence-corrected chi connectivity index (χ3v) is 6.15. The number of aliphatic hydroxyl groups is 4. The summed E-state index contributed by atoms with van der Waals surface area (Å²) in [6.07, 6.45) is 0.685. The quantitative estimate of drug-likeness (QED) is 0.309. The Balaban J connectivity index is 2.37. The van der Waals surface area contributed by atoms with E-state index in [1.54, 1.807) is 76.2 Å². The van der Waals surface area contributed by atoms with E-state index in [1.807, 2.05) is 13.8 Å². The fourth-order valence-electron chi connectivity index (χ4n) is 4.43. The van der Waals surface area contributed by atoms with Gasteiger partial charge in [-0.05, 0) is 76.9 Å². The summed E-state index contributed by atoms with van der Waals surface area (Å²) in [4.78, 5) is 14.0. The highest BCUT2D eigenvalue weighted by molar-refractivity contribution is 5.94. The molecule has 4 N–H and O–H groups in total. The molecule has 0 aliphatic carbocycles. The molecule has 0 radical (unpaired) electrons. The molecule has 0 fully saturated rings. The first-order valence-electron chi connectivity index (χ1n) is 12.5. The van der Waals surface area contributed by atoms with Gasteiger partial charge in [0.05, 0.1) is 35.2 Å². The Bertz CT molecular complexity index is 862. The first-order valence-corrected chi connectivity index (χ1v) is 12.5. The van der Waals surface area contributed by atoms with Crippen LogP contribution in [0.3, 0.4) is 0 Å². The number of ketones is 1. The summed E-state index contributed by atoms with van der Waals surface area (Å²) >= 11 is 0. The van der Waals surface area contributed by atoms with Crippen molar-refractivity contribution >= 4 is 5.78 Å². The summed E-state index contributed by atoms with van der Waals surface area (Å²) < 4.78 is 11.6. The average molecular weight is 503 g/mol. The zero-order valence-electron chi connectivity index (χ0n) is 22.3. The van der Waals surface area contributed by atoms with Crippen LogP contribution in [0, 0.1) is 0 Å². The maximum Gasteiger partial charge on any atom is 0.153 e. The first-order chi connectivity index (χ1) is 16.8. The van der Waals surface area contributed by atoms with E-state index in [0.717, 1.165) is 0 Å². The van der Waals surface area contributed by atoms with E-state index in [4.69, 9.17) is 19.7 Å². The molecular formula is C29H42O7. The van der Waals surface area contributed by atoms with E-state index in [2.05, 4.69) is 0 Å². The Kier molecular flexibility index (Phi) is 10.5. The predicted molar refractivity (Wildman–Crippen MR) is 140 cm³/mol. The van der Waals surface area contributed by atoms with Crippen molar-refractivity contribution in [3.05, 3.63) is 59.7 Å². The van der Waals surface area contributed by atoms with Gasteiger partial charge in [-0.15, -0.1) is 0 Å². The summed E-state index contributed by atoms with van der Waals surface area (Å²) in [5, 5.41) is 40.3. The number of hydrogen-bond donors (Lipinski definition) is 4. The SMILES string of the molecule is CC(CCO)Oc1ccc(C(C(=O)C(c2ccc(OC(C)CCO)cc2)C(C)(C)O)C(C)(C)O)cc1. The molecule has 0 heterocycles. The summed E-state index contributed by atoms with van der Waals surface area (Å²) in [6, 6.07) is 14.0. The van der Waals surface area contributed by atoms with Gasteiger partial charge in [-0.2, -0.15) is 0 Å². The lowest BCUT2D eigenvalue weighted by Crippen LogP contribution is -2.43. The monoisotopic (exact) mass is 502 g/mol. The van der Waals surface area contributed by atoms with Crippen LogP contribution in [0.15, 0.2) is 48.5 Å². The van der Waals surface area contributed by atoms with Gasteiger partial charge in [0, 0.05) is 26.1 Å². The fraction of sp³-hybridized carbons (Fsp3) is 0.552. The van der Waals surface area contributed by atoms with E-state index in [9.17, 15) is 15.0 Å². The summed E-state index contributed by atoms with van der Waals surface area (Å²) in [7, 11) is 0. The minimum atomic E-state index is -1.39. The van der Waals surface area contributed by atoms with Crippen molar-refractivity contribution in [3.63, 3.8) is 0 Å². The molecular weight excluding hydrogens is 460 g/mol. The van der Waals surface area contributed by atoms with Crippen molar-refractivity contribution in [1.82, 2.24) is 0 Å². The Morgan fingerprint density at radius 1 is 0.694 bits per heavy atom. The minimum absolute atomic E-state index is 0.0294. The molecule has 0 aliphatic rings. The van der Waals surface area contributed by atoms with Crippen LogP contribution in [0.25, 0.3) is 0 Å². The van der Waals surface area contributed by atoms with Crippen molar-refractivity contribution in [3.8, 4) is 11.5 Å². The second kappa shape index (κ2) is 12.7. The topological polar surface area (TPSA) is 116 Å². The van der Waals surface area contributed by atoms with E-state index in [-0.39, 0.29) is 31.2 Å². The normalized spacial score (nSPS) is 15.6. The van der Waals surface area contributed by atoms with Crippen LogP contribution in [0.5, 0.6) is 11.5 Å². The van der Waals surface area contributed by atoms with Crippen LogP contribution in [-0.2, 0) is 4.79 Å². The molecule has 0 aromatic heterocycles. The molecule has 0 aliphatic heterocycles. The van der Waals surface area contributed by atoms with Crippen molar-refractivity contribution in [1.29, 1.82) is 0 Å². The number of aliphatic hydroxyl groups excluding tert-OH is 2. The number of carbonyl (C=O) groups excluding carboxylic acids is 1. The molecule has 7 nitrogen and oxygen atoms in total. The smallest absolute Gasteiger partial charge is 0.153 e. The minimum Gasteiger partial charge on any atom is -0.491 e. The standard InChI is InChI=1S/C29H42O7/c1-19(15-17-30)35-23-11-7-21(8-12-23)25(28(3,4)33)27(32)26(29(5,6)34)22-9-13-24(14-10-22)36-20(2)16-18-31/h7-14,19-20,25-26,30-31,33-34H,15-18H2,1-6H3. The Labute approximate surface area is 214 Å². The maximum absolute atomic E-state index is 14.0. The molecule has 0 saturated heterocycles. The van der Waals surface area contributed by atoms with Crippen LogP contribution >= 0.6 is 0 Å². The largest absolute Gasteiger partial charge is 0.491 e. The molecule has 2 aromatic carbocycles. The van der Waals surface area contributed by atoms with Crippen LogP contribution in [0.1, 0.15) is 77.3 Å².